The Morgan fingerprint density at radius 2 is 2.27 bits per heavy atom. The Morgan fingerprint density at radius 3 is 3.00 bits per heavy atom. The lowest BCUT2D eigenvalue weighted by molar-refractivity contribution is -0.384. The van der Waals surface area contributed by atoms with Gasteiger partial charge in [0.1, 0.15) is 11.9 Å². The molecule has 1 atom stereocenters. The molecule has 1 aliphatic rings. The van der Waals surface area contributed by atoms with E-state index in [-0.39, 0.29) is 5.69 Å². The molecule has 2 aromatic rings. The van der Waals surface area contributed by atoms with Crippen molar-refractivity contribution in [3.8, 4) is 0 Å². The van der Waals surface area contributed by atoms with Crippen LogP contribution in [-0.2, 0) is 4.79 Å². The lowest BCUT2D eigenvalue weighted by Gasteiger charge is -2.32. The second kappa shape index (κ2) is 5.53. The number of nitro groups is 1. The molecule has 3 rings (SSSR count). The number of aliphatic carboxylic acids is 1. The number of carboxylic acid groups (broad SMARTS) is 1. The zero-order valence-electron chi connectivity index (χ0n) is 11.5. The van der Waals surface area contributed by atoms with Gasteiger partial charge in [0.15, 0.2) is 0 Å². The molecule has 0 spiro atoms. The van der Waals surface area contributed by atoms with Crippen molar-refractivity contribution in [2.24, 2.45) is 0 Å². The summed E-state index contributed by atoms with van der Waals surface area (Å²) in [6.45, 7) is 1.45. The van der Waals surface area contributed by atoms with E-state index in [0.29, 0.717) is 36.5 Å². The monoisotopic (exact) mass is 303 g/mol. The van der Waals surface area contributed by atoms with E-state index < -0.39 is 16.9 Å². The highest BCUT2D eigenvalue weighted by Gasteiger charge is 2.25. The second-order valence-corrected chi connectivity index (χ2v) is 4.95. The fraction of sp³-hybridized carbons (Fsp3) is 0.308. The minimum absolute atomic E-state index is 0.0392. The number of non-ortho nitro benzene ring substituents is 1. The molecule has 9 heteroatoms. The van der Waals surface area contributed by atoms with Crippen LogP contribution in [0.3, 0.4) is 0 Å². The predicted octanol–water partition coefficient (Wildman–Crippen LogP) is 0.401. The normalized spacial score (nSPS) is 18.4. The number of aromatic nitrogens is 2. The second-order valence-electron chi connectivity index (χ2n) is 4.95. The van der Waals surface area contributed by atoms with Crippen molar-refractivity contribution in [2.75, 3.05) is 24.5 Å². The van der Waals surface area contributed by atoms with E-state index in [4.69, 9.17) is 5.11 Å². The van der Waals surface area contributed by atoms with E-state index in [1.54, 1.807) is 6.07 Å². The largest absolute Gasteiger partial charge is 0.480 e. The van der Waals surface area contributed by atoms with Gasteiger partial charge in [-0.1, -0.05) is 0 Å². The van der Waals surface area contributed by atoms with Gasteiger partial charge in [-0.3, -0.25) is 19.9 Å². The lowest BCUT2D eigenvalue weighted by atomic mass is 10.2. The number of anilines is 1. The van der Waals surface area contributed by atoms with Crippen LogP contribution in [-0.4, -0.2) is 51.6 Å². The number of hydrogen-bond acceptors (Lipinski definition) is 7. The van der Waals surface area contributed by atoms with Crippen LogP contribution in [0.15, 0.2) is 24.4 Å². The molecule has 1 fully saturated rings. The highest BCUT2D eigenvalue weighted by molar-refractivity contribution is 5.78. The van der Waals surface area contributed by atoms with Gasteiger partial charge in [-0.25, -0.2) is 4.98 Å². The van der Waals surface area contributed by atoms with Crippen molar-refractivity contribution in [3.63, 3.8) is 0 Å². The van der Waals surface area contributed by atoms with Gasteiger partial charge in [0.2, 0.25) is 0 Å². The van der Waals surface area contributed by atoms with E-state index in [9.17, 15) is 14.9 Å². The summed E-state index contributed by atoms with van der Waals surface area (Å²) in [5, 5.41) is 22.7. The molecule has 0 radical (unpaired) electrons. The van der Waals surface area contributed by atoms with Crippen LogP contribution >= 0.6 is 0 Å². The summed E-state index contributed by atoms with van der Waals surface area (Å²) >= 11 is 0. The smallest absolute Gasteiger partial charge is 0.322 e. The zero-order valence-corrected chi connectivity index (χ0v) is 11.5. The highest BCUT2D eigenvalue weighted by Crippen LogP contribution is 2.21. The molecule has 2 heterocycles. The first-order valence-electron chi connectivity index (χ1n) is 6.67. The number of fused-ring (bicyclic) bond motifs is 1. The molecule has 0 unspecified atom stereocenters. The molecular weight excluding hydrogens is 290 g/mol. The van der Waals surface area contributed by atoms with Crippen molar-refractivity contribution in [2.45, 2.75) is 6.04 Å². The summed E-state index contributed by atoms with van der Waals surface area (Å²) in [4.78, 5) is 31.8. The molecule has 22 heavy (non-hydrogen) atoms. The maximum Gasteiger partial charge on any atom is 0.322 e. The topological polar surface area (TPSA) is 121 Å². The van der Waals surface area contributed by atoms with Crippen LogP contribution in [0.2, 0.25) is 0 Å². The fourth-order valence-electron chi connectivity index (χ4n) is 2.38. The summed E-state index contributed by atoms with van der Waals surface area (Å²) < 4.78 is 0. The molecule has 114 valence electrons. The predicted molar refractivity (Wildman–Crippen MR) is 77.8 cm³/mol. The fourth-order valence-corrected chi connectivity index (χ4v) is 2.38. The van der Waals surface area contributed by atoms with Crippen LogP contribution in [0.25, 0.3) is 11.0 Å². The summed E-state index contributed by atoms with van der Waals surface area (Å²) in [5.41, 5.74) is 0.930. The first-order chi connectivity index (χ1) is 10.5. The number of nitrogens with zero attached hydrogens (tertiary/aromatic N) is 4. The maximum atomic E-state index is 11.1. The average molecular weight is 303 g/mol. The van der Waals surface area contributed by atoms with Gasteiger partial charge in [-0.2, -0.15) is 0 Å². The van der Waals surface area contributed by atoms with Crippen LogP contribution in [0.1, 0.15) is 0 Å². The lowest BCUT2D eigenvalue weighted by Crippen LogP contribution is -2.54. The Labute approximate surface area is 124 Å². The van der Waals surface area contributed by atoms with Crippen molar-refractivity contribution in [1.82, 2.24) is 15.3 Å². The number of nitrogens with one attached hydrogen (secondary N) is 1. The van der Waals surface area contributed by atoms with Gasteiger partial charge < -0.3 is 15.3 Å². The van der Waals surface area contributed by atoms with Crippen LogP contribution in [0, 0.1) is 10.1 Å². The maximum absolute atomic E-state index is 11.1. The summed E-state index contributed by atoms with van der Waals surface area (Å²) in [7, 11) is 0. The van der Waals surface area contributed by atoms with Crippen molar-refractivity contribution < 1.29 is 14.8 Å². The standard InChI is InChI=1S/C13H13N5O4/c19-13(20)11-7-17(4-3-14-11)12-6-15-10-5-8(18(21)22)1-2-9(10)16-12/h1-2,5-6,11,14H,3-4,7H2,(H,19,20)/t11-/m0/s1. The molecule has 0 bridgehead atoms. The van der Waals surface area contributed by atoms with E-state index in [0.717, 1.165) is 0 Å². The Morgan fingerprint density at radius 1 is 1.45 bits per heavy atom. The van der Waals surface area contributed by atoms with Crippen molar-refractivity contribution >= 4 is 28.5 Å². The number of piperazine rings is 1. The highest BCUT2D eigenvalue weighted by atomic mass is 16.6. The molecule has 1 saturated heterocycles. The van der Waals surface area contributed by atoms with Crippen LogP contribution in [0.4, 0.5) is 11.5 Å². The number of carboxylic acids is 1. The Kier molecular flexibility index (Phi) is 3.55. The molecule has 0 amide bonds. The molecule has 1 aromatic carbocycles. The van der Waals surface area contributed by atoms with E-state index in [1.807, 2.05) is 4.90 Å². The zero-order chi connectivity index (χ0) is 15.7. The first kappa shape index (κ1) is 14.1. The van der Waals surface area contributed by atoms with Gasteiger partial charge >= 0.3 is 5.97 Å². The molecule has 0 aliphatic carbocycles. The Bertz CT molecular complexity index is 750. The minimum Gasteiger partial charge on any atom is -0.480 e. The first-order valence-corrected chi connectivity index (χ1v) is 6.67. The van der Waals surface area contributed by atoms with Crippen LogP contribution in [0.5, 0.6) is 0 Å². The number of carbonyl (C=O) groups is 1. The van der Waals surface area contributed by atoms with Crippen molar-refractivity contribution in [3.05, 3.63) is 34.5 Å². The van der Waals surface area contributed by atoms with E-state index in [1.165, 1.54) is 18.3 Å². The number of nitro benzene ring substituents is 1. The van der Waals surface area contributed by atoms with Crippen LogP contribution < -0.4 is 10.2 Å². The van der Waals surface area contributed by atoms with Gasteiger partial charge in [-0.15, -0.1) is 0 Å². The third-order valence-electron chi connectivity index (χ3n) is 3.52. The van der Waals surface area contributed by atoms with Gasteiger partial charge in [0, 0.05) is 31.8 Å². The SMILES string of the molecule is O=C(O)[C@@H]1CN(c2cnc3cc([N+](=O)[O-])ccc3n2)CCN1. The molecule has 1 aliphatic heterocycles. The molecule has 0 saturated carbocycles. The van der Waals surface area contributed by atoms with Gasteiger partial charge in [0.25, 0.3) is 5.69 Å². The summed E-state index contributed by atoms with van der Waals surface area (Å²) in [6, 6.07) is 3.63. The third kappa shape index (κ3) is 2.66. The summed E-state index contributed by atoms with van der Waals surface area (Å²) in [6.07, 6.45) is 1.51. The molecule has 9 nitrogen and oxygen atoms in total. The number of hydrogen-bond donors (Lipinski definition) is 2. The van der Waals surface area contributed by atoms with E-state index >= 15 is 0 Å². The van der Waals surface area contributed by atoms with E-state index in [2.05, 4.69) is 15.3 Å². The molecular formula is C13H13N5O4. The average Bonchev–Trinajstić information content (AvgIpc) is 2.53. The van der Waals surface area contributed by atoms with Gasteiger partial charge in [0.05, 0.1) is 22.2 Å². The number of rotatable bonds is 3. The third-order valence-corrected chi connectivity index (χ3v) is 3.52. The molecule has 1 aromatic heterocycles. The summed E-state index contributed by atoms with van der Waals surface area (Å²) in [5.74, 6) is -0.344. The quantitative estimate of drug-likeness (QED) is 0.617. The Hall–Kier alpha value is -2.81. The number of benzene rings is 1. The van der Waals surface area contributed by atoms with Crippen molar-refractivity contribution in [1.29, 1.82) is 0 Å². The molecule has 2 N–H and O–H groups in total. The Balaban J connectivity index is 1.90. The minimum atomic E-state index is -0.908. The van der Waals surface area contributed by atoms with Gasteiger partial charge in [-0.05, 0) is 6.07 Å².